The largest absolute Gasteiger partial charge is 0.195 e. The lowest BCUT2D eigenvalue weighted by Gasteiger charge is -1.95. The molecular formula is C10H9FS2. The minimum absolute atomic E-state index is 0.0704. The lowest BCUT2D eigenvalue weighted by Crippen LogP contribution is -1.79. The SMILES string of the molecule is CCc1c(F)sc2c(S)cccc12. The average Bonchev–Trinajstić information content (AvgIpc) is 2.43. The maximum Gasteiger partial charge on any atom is 0.180 e. The molecule has 0 N–H and O–H groups in total. The summed E-state index contributed by atoms with van der Waals surface area (Å²) in [6.07, 6.45) is 0.739. The summed E-state index contributed by atoms with van der Waals surface area (Å²) in [5.41, 5.74) is 0.816. The van der Waals surface area contributed by atoms with E-state index in [0.717, 1.165) is 27.0 Å². The molecule has 0 unspecified atom stereocenters. The average molecular weight is 212 g/mol. The zero-order chi connectivity index (χ0) is 9.42. The van der Waals surface area contributed by atoms with Crippen LogP contribution in [0.15, 0.2) is 23.1 Å². The van der Waals surface area contributed by atoms with Crippen molar-refractivity contribution in [1.29, 1.82) is 0 Å². The Morgan fingerprint density at radius 1 is 1.46 bits per heavy atom. The van der Waals surface area contributed by atoms with Gasteiger partial charge in [-0.15, -0.1) is 24.0 Å². The highest BCUT2D eigenvalue weighted by Gasteiger charge is 2.11. The topological polar surface area (TPSA) is 0 Å². The summed E-state index contributed by atoms with van der Waals surface area (Å²) in [5.74, 6) is 0. The van der Waals surface area contributed by atoms with Gasteiger partial charge in [0.1, 0.15) is 0 Å². The van der Waals surface area contributed by atoms with Crippen molar-refractivity contribution in [3.8, 4) is 0 Å². The Hall–Kier alpha value is -0.540. The van der Waals surface area contributed by atoms with Crippen molar-refractivity contribution < 1.29 is 4.39 Å². The van der Waals surface area contributed by atoms with Crippen LogP contribution in [0, 0.1) is 5.13 Å². The fourth-order valence-corrected chi connectivity index (χ4v) is 2.83. The van der Waals surface area contributed by atoms with Crippen molar-refractivity contribution in [3.63, 3.8) is 0 Å². The van der Waals surface area contributed by atoms with E-state index in [9.17, 15) is 4.39 Å². The number of thiol groups is 1. The fourth-order valence-electron chi connectivity index (χ4n) is 1.46. The fraction of sp³-hybridized carbons (Fsp3) is 0.200. The second-order valence-electron chi connectivity index (χ2n) is 2.86. The zero-order valence-corrected chi connectivity index (χ0v) is 8.88. The van der Waals surface area contributed by atoms with E-state index in [2.05, 4.69) is 12.6 Å². The first kappa shape index (κ1) is 9.03. The zero-order valence-electron chi connectivity index (χ0n) is 7.17. The Balaban J connectivity index is 2.86. The molecule has 0 amide bonds. The first-order chi connectivity index (χ1) is 6.24. The molecule has 0 saturated carbocycles. The van der Waals surface area contributed by atoms with Crippen molar-refractivity contribution in [2.75, 3.05) is 0 Å². The standard InChI is InChI=1S/C10H9FS2/c1-2-6-7-4-3-5-8(12)9(7)13-10(6)11/h3-5,12H,2H2,1H3. The third-order valence-electron chi connectivity index (χ3n) is 2.10. The molecule has 0 nitrogen and oxygen atoms in total. The van der Waals surface area contributed by atoms with E-state index in [0.29, 0.717) is 0 Å². The van der Waals surface area contributed by atoms with E-state index in [-0.39, 0.29) is 5.13 Å². The molecule has 3 heteroatoms. The third-order valence-corrected chi connectivity index (χ3v) is 3.70. The number of benzene rings is 1. The Bertz CT molecular complexity index is 445. The molecule has 0 spiro atoms. The number of halogens is 1. The molecule has 0 atom stereocenters. The predicted molar refractivity (Wildman–Crippen MR) is 58.4 cm³/mol. The highest BCUT2D eigenvalue weighted by molar-refractivity contribution is 7.80. The molecule has 0 aliphatic heterocycles. The normalized spacial score (nSPS) is 11.0. The van der Waals surface area contributed by atoms with E-state index in [4.69, 9.17) is 0 Å². The Kier molecular flexibility index (Phi) is 2.30. The minimum Gasteiger partial charge on any atom is -0.195 e. The smallest absolute Gasteiger partial charge is 0.180 e. The van der Waals surface area contributed by atoms with Gasteiger partial charge in [0, 0.05) is 10.5 Å². The molecule has 1 aromatic heterocycles. The summed E-state index contributed by atoms with van der Waals surface area (Å²) in [4.78, 5) is 0.862. The van der Waals surface area contributed by atoms with Crippen LogP contribution in [0.1, 0.15) is 12.5 Å². The molecule has 68 valence electrons. The monoisotopic (exact) mass is 212 g/mol. The molecule has 1 aromatic carbocycles. The van der Waals surface area contributed by atoms with Crippen LogP contribution in [0.2, 0.25) is 0 Å². The van der Waals surface area contributed by atoms with Crippen molar-refractivity contribution in [2.24, 2.45) is 0 Å². The van der Waals surface area contributed by atoms with Crippen LogP contribution in [0.3, 0.4) is 0 Å². The minimum atomic E-state index is -0.0704. The summed E-state index contributed by atoms with van der Waals surface area (Å²) >= 11 is 5.48. The van der Waals surface area contributed by atoms with Gasteiger partial charge in [0.05, 0.1) is 4.70 Å². The van der Waals surface area contributed by atoms with Gasteiger partial charge in [-0.05, 0) is 17.9 Å². The molecular weight excluding hydrogens is 203 g/mol. The van der Waals surface area contributed by atoms with Gasteiger partial charge in [-0.1, -0.05) is 19.1 Å². The van der Waals surface area contributed by atoms with Gasteiger partial charge in [-0.25, -0.2) is 0 Å². The lowest BCUT2D eigenvalue weighted by molar-refractivity contribution is 0.644. The van der Waals surface area contributed by atoms with E-state index >= 15 is 0 Å². The van der Waals surface area contributed by atoms with Crippen LogP contribution < -0.4 is 0 Å². The summed E-state index contributed by atoms with van der Waals surface area (Å²) in [5, 5.41) is 0.941. The highest BCUT2D eigenvalue weighted by Crippen LogP contribution is 2.34. The van der Waals surface area contributed by atoms with Crippen molar-refractivity contribution in [1.82, 2.24) is 0 Å². The second kappa shape index (κ2) is 3.31. The molecule has 0 radical (unpaired) electrons. The van der Waals surface area contributed by atoms with Gasteiger partial charge >= 0.3 is 0 Å². The van der Waals surface area contributed by atoms with Crippen molar-refractivity contribution in [3.05, 3.63) is 28.9 Å². The van der Waals surface area contributed by atoms with E-state index in [1.807, 2.05) is 25.1 Å². The quantitative estimate of drug-likeness (QED) is 0.681. The molecule has 13 heavy (non-hydrogen) atoms. The van der Waals surface area contributed by atoms with Gasteiger partial charge in [0.25, 0.3) is 0 Å². The number of aryl methyl sites for hydroxylation is 1. The van der Waals surface area contributed by atoms with Crippen LogP contribution in [0.4, 0.5) is 4.39 Å². The van der Waals surface area contributed by atoms with Crippen molar-refractivity contribution in [2.45, 2.75) is 18.2 Å². The molecule has 0 aliphatic carbocycles. The van der Waals surface area contributed by atoms with Crippen LogP contribution in [-0.4, -0.2) is 0 Å². The number of fused-ring (bicyclic) bond motifs is 1. The van der Waals surface area contributed by atoms with Crippen LogP contribution in [-0.2, 0) is 6.42 Å². The Labute approximate surface area is 85.8 Å². The number of rotatable bonds is 1. The van der Waals surface area contributed by atoms with Crippen LogP contribution >= 0.6 is 24.0 Å². The van der Waals surface area contributed by atoms with Gasteiger partial charge in [-0.3, -0.25) is 0 Å². The number of hydrogen-bond acceptors (Lipinski definition) is 2. The molecule has 0 bridgehead atoms. The molecule has 2 aromatic rings. The predicted octanol–water partition coefficient (Wildman–Crippen LogP) is 3.89. The van der Waals surface area contributed by atoms with Gasteiger partial charge in [0.2, 0.25) is 0 Å². The van der Waals surface area contributed by atoms with E-state index in [1.54, 1.807) is 0 Å². The summed E-state index contributed by atoms with van der Waals surface area (Å²) in [6.45, 7) is 1.97. The van der Waals surface area contributed by atoms with Gasteiger partial charge in [0.15, 0.2) is 5.13 Å². The summed E-state index contributed by atoms with van der Waals surface area (Å²) < 4.78 is 14.3. The maximum atomic E-state index is 13.4. The Morgan fingerprint density at radius 2 is 2.23 bits per heavy atom. The van der Waals surface area contributed by atoms with Gasteiger partial charge in [-0.2, -0.15) is 4.39 Å². The first-order valence-corrected chi connectivity index (χ1v) is 5.39. The third kappa shape index (κ3) is 1.36. The summed E-state index contributed by atoms with van der Waals surface area (Å²) in [7, 11) is 0. The lowest BCUT2D eigenvalue weighted by atomic mass is 10.1. The van der Waals surface area contributed by atoms with Crippen LogP contribution in [0.25, 0.3) is 10.1 Å². The molecule has 0 aliphatic rings. The first-order valence-electron chi connectivity index (χ1n) is 4.13. The number of hydrogen-bond donors (Lipinski definition) is 1. The summed E-state index contributed by atoms with van der Waals surface area (Å²) in [6, 6.07) is 5.75. The molecule has 0 fully saturated rings. The van der Waals surface area contributed by atoms with Gasteiger partial charge < -0.3 is 0 Å². The van der Waals surface area contributed by atoms with E-state index < -0.39 is 0 Å². The van der Waals surface area contributed by atoms with Crippen molar-refractivity contribution >= 4 is 34.1 Å². The molecule has 2 rings (SSSR count). The molecule has 1 heterocycles. The Morgan fingerprint density at radius 3 is 2.92 bits per heavy atom. The number of thiophene rings is 1. The highest BCUT2D eigenvalue weighted by atomic mass is 32.1. The molecule has 0 saturated heterocycles. The van der Waals surface area contributed by atoms with Crippen LogP contribution in [0.5, 0.6) is 0 Å². The maximum absolute atomic E-state index is 13.4. The second-order valence-corrected chi connectivity index (χ2v) is 4.31. The van der Waals surface area contributed by atoms with E-state index in [1.165, 1.54) is 11.3 Å².